The lowest BCUT2D eigenvalue weighted by atomic mass is 10.1. The first-order valence-corrected chi connectivity index (χ1v) is 14.6. The summed E-state index contributed by atoms with van der Waals surface area (Å²) < 4.78 is 3.80. The topological polar surface area (TPSA) is 116 Å². The molecular formula is C31H33N11. The van der Waals surface area contributed by atoms with Crippen molar-refractivity contribution >= 4 is 11.3 Å². The molecule has 1 atom stereocenters. The first kappa shape index (κ1) is 26.3. The van der Waals surface area contributed by atoms with E-state index in [9.17, 15) is 5.26 Å². The molecular weight excluding hydrogens is 526 g/mol. The Morgan fingerprint density at radius 1 is 0.929 bits per heavy atom. The molecule has 0 saturated carbocycles. The molecule has 7 heterocycles. The van der Waals surface area contributed by atoms with Crippen LogP contribution >= 0.6 is 0 Å². The van der Waals surface area contributed by atoms with Gasteiger partial charge in [0.1, 0.15) is 23.0 Å². The zero-order valence-corrected chi connectivity index (χ0v) is 23.6. The van der Waals surface area contributed by atoms with Crippen LogP contribution in [0.4, 0.5) is 5.82 Å². The molecule has 5 aromatic rings. The van der Waals surface area contributed by atoms with Gasteiger partial charge in [0.15, 0.2) is 0 Å². The number of pyridine rings is 2. The third kappa shape index (κ3) is 5.00. The van der Waals surface area contributed by atoms with Gasteiger partial charge in [0, 0.05) is 61.9 Å². The number of aromatic nitrogens is 7. The van der Waals surface area contributed by atoms with Gasteiger partial charge in [0.2, 0.25) is 0 Å². The summed E-state index contributed by atoms with van der Waals surface area (Å²) in [7, 11) is 0. The molecule has 42 heavy (non-hydrogen) atoms. The van der Waals surface area contributed by atoms with Gasteiger partial charge in [0.05, 0.1) is 41.7 Å². The van der Waals surface area contributed by atoms with Crippen molar-refractivity contribution in [1.82, 2.24) is 44.6 Å². The number of rotatable bonds is 6. The summed E-state index contributed by atoms with van der Waals surface area (Å²) in [5.74, 6) is 0.938. The Kier molecular flexibility index (Phi) is 7.07. The maximum atomic E-state index is 9.80. The van der Waals surface area contributed by atoms with Crippen LogP contribution in [0.5, 0.6) is 0 Å². The third-order valence-corrected chi connectivity index (χ3v) is 8.52. The van der Waals surface area contributed by atoms with Crippen LogP contribution < -0.4 is 10.2 Å². The Bertz CT molecular complexity index is 1700. The number of anilines is 1. The van der Waals surface area contributed by atoms with E-state index in [1.165, 1.54) is 0 Å². The molecule has 0 radical (unpaired) electrons. The molecule has 2 aliphatic heterocycles. The highest BCUT2D eigenvalue weighted by atomic mass is 15.3. The molecule has 7 rings (SSSR count). The molecule has 2 saturated heterocycles. The first-order valence-electron chi connectivity index (χ1n) is 14.6. The number of piperazine rings is 1. The molecule has 11 heteroatoms. The van der Waals surface area contributed by atoms with Crippen molar-refractivity contribution in [2.75, 3.05) is 44.2 Å². The summed E-state index contributed by atoms with van der Waals surface area (Å²) in [6.07, 6.45) is 13.2. The normalized spacial score (nSPS) is 17.4. The van der Waals surface area contributed by atoms with E-state index in [2.05, 4.69) is 66.3 Å². The first-order chi connectivity index (χ1) is 20.7. The molecule has 1 N–H and O–H groups in total. The van der Waals surface area contributed by atoms with Crippen LogP contribution in [0, 0.1) is 11.3 Å². The van der Waals surface area contributed by atoms with Crippen molar-refractivity contribution in [3.63, 3.8) is 0 Å². The summed E-state index contributed by atoms with van der Waals surface area (Å²) in [4.78, 5) is 19.2. The summed E-state index contributed by atoms with van der Waals surface area (Å²) in [6.45, 7) is 7.89. The van der Waals surface area contributed by atoms with E-state index in [1.807, 2.05) is 43.0 Å². The van der Waals surface area contributed by atoms with Crippen LogP contribution in [0.3, 0.4) is 0 Å². The van der Waals surface area contributed by atoms with Gasteiger partial charge in [-0.05, 0) is 57.1 Å². The van der Waals surface area contributed by atoms with Gasteiger partial charge >= 0.3 is 0 Å². The van der Waals surface area contributed by atoms with Gasteiger partial charge < -0.3 is 10.2 Å². The van der Waals surface area contributed by atoms with E-state index >= 15 is 0 Å². The van der Waals surface area contributed by atoms with E-state index in [-0.39, 0.29) is 6.04 Å². The SMILES string of the molecule is CC(c1ccccn1)N1CCN(c2ccc(-c3nc(-c4cnn(C5CCNCC5)c4)cn4ncc(C#N)c34)cn2)CC1. The van der Waals surface area contributed by atoms with E-state index < -0.39 is 0 Å². The van der Waals surface area contributed by atoms with Crippen molar-refractivity contribution in [3.8, 4) is 28.6 Å². The molecule has 2 fully saturated rings. The molecule has 0 bridgehead atoms. The number of nitrogens with zero attached hydrogens (tertiary/aromatic N) is 10. The van der Waals surface area contributed by atoms with Crippen molar-refractivity contribution in [3.05, 3.63) is 78.8 Å². The predicted molar refractivity (Wildman–Crippen MR) is 160 cm³/mol. The zero-order valence-electron chi connectivity index (χ0n) is 23.6. The number of fused-ring (bicyclic) bond motifs is 1. The maximum absolute atomic E-state index is 9.80. The second kappa shape index (κ2) is 11.3. The Hall–Kier alpha value is -4.66. The van der Waals surface area contributed by atoms with Gasteiger partial charge in [-0.15, -0.1) is 0 Å². The van der Waals surface area contributed by atoms with Crippen molar-refractivity contribution in [1.29, 1.82) is 5.26 Å². The van der Waals surface area contributed by atoms with E-state index in [4.69, 9.17) is 9.97 Å². The Balaban J connectivity index is 1.13. The van der Waals surface area contributed by atoms with Crippen molar-refractivity contribution in [2.45, 2.75) is 31.8 Å². The van der Waals surface area contributed by atoms with Crippen LogP contribution in [-0.2, 0) is 0 Å². The van der Waals surface area contributed by atoms with Crippen LogP contribution in [0.1, 0.15) is 43.1 Å². The largest absolute Gasteiger partial charge is 0.354 e. The van der Waals surface area contributed by atoms with E-state index in [0.29, 0.717) is 22.8 Å². The average Bonchev–Trinajstić information content (AvgIpc) is 3.73. The molecule has 0 spiro atoms. The lowest BCUT2D eigenvalue weighted by molar-refractivity contribution is 0.195. The quantitative estimate of drug-likeness (QED) is 0.332. The van der Waals surface area contributed by atoms with Crippen LogP contribution in [0.25, 0.3) is 28.0 Å². The molecule has 0 amide bonds. The molecule has 2 aliphatic rings. The Morgan fingerprint density at radius 2 is 1.79 bits per heavy atom. The smallest absolute Gasteiger partial charge is 0.128 e. The number of nitriles is 1. The second-order valence-corrected chi connectivity index (χ2v) is 11.0. The lowest BCUT2D eigenvalue weighted by Crippen LogP contribution is -2.47. The highest BCUT2D eigenvalue weighted by Gasteiger charge is 2.24. The highest BCUT2D eigenvalue weighted by Crippen LogP contribution is 2.30. The minimum Gasteiger partial charge on any atom is -0.354 e. The predicted octanol–water partition coefficient (Wildman–Crippen LogP) is 3.73. The van der Waals surface area contributed by atoms with Gasteiger partial charge in [-0.3, -0.25) is 14.6 Å². The van der Waals surface area contributed by atoms with E-state index in [0.717, 1.165) is 80.4 Å². The van der Waals surface area contributed by atoms with Gasteiger partial charge in [-0.25, -0.2) is 14.5 Å². The average molecular weight is 560 g/mol. The fourth-order valence-corrected chi connectivity index (χ4v) is 6.04. The van der Waals surface area contributed by atoms with Crippen LogP contribution in [0.15, 0.2) is 67.5 Å². The van der Waals surface area contributed by atoms with Gasteiger partial charge in [-0.1, -0.05) is 6.07 Å². The third-order valence-electron chi connectivity index (χ3n) is 8.52. The second-order valence-electron chi connectivity index (χ2n) is 11.0. The molecule has 1 unspecified atom stereocenters. The van der Waals surface area contributed by atoms with Crippen LogP contribution in [0.2, 0.25) is 0 Å². The molecule has 212 valence electrons. The van der Waals surface area contributed by atoms with Crippen molar-refractivity contribution in [2.24, 2.45) is 0 Å². The fourth-order valence-electron chi connectivity index (χ4n) is 6.04. The highest BCUT2D eigenvalue weighted by molar-refractivity contribution is 5.83. The molecule has 11 nitrogen and oxygen atoms in total. The maximum Gasteiger partial charge on any atom is 0.128 e. The van der Waals surface area contributed by atoms with Gasteiger partial charge in [0.25, 0.3) is 0 Å². The standard InChI is InChI=1S/C31H33N11/c1-22(27-4-2-3-9-34-27)39-12-14-40(15-13-39)29-6-5-23(17-35-29)30-31-24(16-32)18-37-42(31)21-28(38-30)25-19-36-41(20-25)26-7-10-33-11-8-26/h2-6,9,17-22,26,33H,7-8,10-15H2,1H3. The number of piperidine rings is 1. The fraction of sp³-hybridized carbons (Fsp3) is 0.355. The minimum atomic E-state index is 0.279. The number of hydrogen-bond donors (Lipinski definition) is 1. The lowest BCUT2D eigenvalue weighted by Gasteiger charge is -2.38. The summed E-state index contributed by atoms with van der Waals surface area (Å²) in [5.41, 5.74) is 5.47. The summed E-state index contributed by atoms with van der Waals surface area (Å²) in [5, 5.41) is 22.3. The molecule has 0 aromatic carbocycles. The Morgan fingerprint density at radius 3 is 2.52 bits per heavy atom. The molecule has 5 aromatic heterocycles. The van der Waals surface area contributed by atoms with E-state index in [1.54, 1.807) is 10.7 Å². The summed E-state index contributed by atoms with van der Waals surface area (Å²) in [6, 6.07) is 13.1. The van der Waals surface area contributed by atoms with Crippen molar-refractivity contribution < 1.29 is 0 Å². The van der Waals surface area contributed by atoms with Crippen LogP contribution in [-0.4, -0.2) is 78.5 Å². The number of hydrogen-bond acceptors (Lipinski definition) is 9. The number of nitrogens with one attached hydrogen (secondary N) is 1. The summed E-state index contributed by atoms with van der Waals surface area (Å²) >= 11 is 0. The Labute approximate surface area is 244 Å². The monoisotopic (exact) mass is 559 g/mol. The van der Waals surface area contributed by atoms with Gasteiger partial charge in [-0.2, -0.15) is 15.5 Å². The zero-order chi connectivity index (χ0) is 28.5. The minimum absolute atomic E-state index is 0.279. The molecule has 0 aliphatic carbocycles.